The number of pyridine rings is 1. The molecule has 0 unspecified atom stereocenters. The van der Waals surface area contributed by atoms with Crippen molar-refractivity contribution in [2.45, 2.75) is 18.4 Å². The van der Waals surface area contributed by atoms with Gasteiger partial charge in [0, 0.05) is 56.3 Å². The van der Waals surface area contributed by atoms with Crippen LogP contribution >= 0.6 is 0 Å². The second kappa shape index (κ2) is 6.70. The number of amides is 1. The summed E-state index contributed by atoms with van der Waals surface area (Å²) in [5.74, 6) is 0.798. The first-order valence-corrected chi connectivity index (χ1v) is 7.41. The number of methoxy groups -OCH3 is 1. The van der Waals surface area contributed by atoms with E-state index in [1.165, 1.54) is 7.11 Å². The maximum atomic E-state index is 12.7. The average molecular weight is 314 g/mol. The molecular formula is C16H18N4O3. The first kappa shape index (κ1) is 15.4. The molecule has 3 heterocycles. The molecule has 7 heteroatoms. The number of hydrogen-bond acceptors (Lipinski definition) is 6. The number of carbonyl (C=O) groups excluding carboxylic acids is 1. The van der Waals surface area contributed by atoms with Crippen molar-refractivity contribution < 1.29 is 14.3 Å². The molecule has 1 fully saturated rings. The number of hydrogen-bond donors (Lipinski definition) is 1. The monoisotopic (exact) mass is 314 g/mol. The Bertz CT molecular complexity index is 672. The van der Waals surface area contributed by atoms with E-state index in [0.717, 1.165) is 0 Å². The molecule has 0 spiro atoms. The molecular weight excluding hydrogens is 296 g/mol. The molecule has 0 bridgehead atoms. The van der Waals surface area contributed by atoms with Gasteiger partial charge in [-0.1, -0.05) is 0 Å². The fraction of sp³-hybridized carbons (Fsp3) is 0.375. The van der Waals surface area contributed by atoms with E-state index in [1.807, 2.05) is 0 Å². The third-order valence-corrected chi connectivity index (χ3v) is 3.90. The second-order valence-electron chi connectivity index (χ2n) is 5.31. The highest BCUT2D eigenvalue weighted by Crippen LogP contribution is 2.30. The summed E-state index contributed by atoms with van der Waals surface area (Å²) in [6.07, 6.45) is 6.17. The van der Waals surface area contributed by atoms with Crippen LogP contribution in [0.4, 0.5) is 0 Å². The van der Waals surface area contributed by atoms with Crippen LogP contribution in [0.5, 0.6) is 5.88 Å². The molecule has 1 saturated heterocycles. The Hall–Kier alpha value is -2.54. The summed E-state index contributed by atoms with van der Waals surface area (Å²) < 4.78 is 10.5. The Labute approximate surface area is 134 Å². The lowest BCUT2D eigenvalue weighted by molar-refractivity contribution is 0.0313. The Morgan fingerprint density at radius 2 is 1.96 bits per heavy atom. The van der Waals surface area contributed by atoms with Crippen LogP contribution in [0.1, 0.15) is 29.0 Å². The third kappa shape index (κ3) is 3.29. The molecule has 1 aliphatic heterocycles. The van der Waals surface area contributed by atoms with Gasteiger partial charge in [0.15, 0.2) is 5.82 Å². The first-order chi connectivity index (χ1) is 11.2. The minimum atomic E-state index is -0.618. The van der Waals surface area contributed by atoms with Crippen LogP contribution in [-0.4, -0.2) is 41.2 Å². The van der Waals surface area contributed by atoms with Gasteiger partial charge in [0.05, 0.1) is 7.11 Å². The van der Waals surface area contributed by atoms with Gasteiger partial charge in [-0.05, 0) is 12.1 Å². The lowest BCUT2D eigenvalue weighted by atomic mass is 9.88. The van der Waals surface area contributed by atoms with Crippen LogP contribution in [0.25, 0.3) is 0 Å². The summed E-state index contributed by atoms with van der Waals surface area (Å²) in [4.78, 5) is 25.4. The van der Waals surface area contributed by atoms with Crippen molar-refractivity contribution in [3.8, 4) is 5.88 Å². The van der Waals surface area contributed by atoms with E-state index < -0.39 is 5.54 Å². The van der Waals surface area contributed by atoms with E-state index in [0.29, 0.717) is 43.3 Å². The van der Waals surface area contributed by atoms with Crippen molar-refractivity contribution in [3.63, 3.8) is 0 Å². The lowest BCUT2D eigenvalue weighted by Crippen LogP contribution is -2.50. The number of nitrogens with zero attached hydrogens (tertiary/aromatic N) is 3. The zero-order valence-electron chi connectivity index (χ0n) is 12.9. The standard InChI is InChI=1S/C16H18N4O3/c1-22-13-11-12(3-8-17-13)14(21)20-16(4-9-23-10-5-16)15-18-6-2-7-19-15/h2-3,6-8,11H,4-5,9-10H2,1H3,(H,20,21). The molecule has 0 saturated carbocycles. The number of nitrogens with one attached hydrogen (secondary N) is 1. The quantitative estimate of drug-likeness (QED) is 0.916. The normalized spacial score (nSPS) is 16.6. The maximum absolute atomic E-state index is 12.7. The molecule has 7 nitrogen and oxygen atoms in total. The molecule has 120 valence electrons. The molecule has 3 rings (SSSR count). The van der Waals surface area contributed by atoms with Gasteiger partial charge in [-0.2, -0.15) is 0 Å². The molecule has 0 aliphatic carbocycles. The van der Waals surface area contributed by atoms with Gasteiger partial charge >= 0.3 is 0 Å². The Morgan fingerprint density at radius 3 is 2.65 bits per heavy atom. The van der Waals surface area contributed by atoms with E-state index in [2.05, 4.69) is 20.3 Å². The predicted octanol–water partition coefficient (Wildman–Crippen LogP) is 1.32. The summed E-state index contributed by atoms with van der Waals surface area (Å²) in [7, 11) is 1.52. The largest absolute Gasteiger partial charge is 0.481 e. The van der Waals surface area contributed by atoms with Gasteiger partial charge in [-0.15, -0.1) is 0 Å². The topological polar surface area (TPSA) is 86.2 Å². The predicted molar refractivity (Wildman–Crippen MR) is 82.0 cm³/mol. The second-order valence-corrected chi connectivity index (χ2v) is 5.31. The Kier molecular flexibility index (Phi) is 4.47. The molecule has 1 aliphatic rings. The number of carbonyl (C=O) groups is 1. The van der Waals surface area contributed by atoms with Crippen LogP contribution in [0, 0.1) is 0 Å². The van der Waals surface area contributed by atoms with Crippen LogP contribution in [0.15, 0.2) is 36.8 Å². The molecule has 23 heavy (non-hydrogen) atoms. The molecule has 0 radical (unpaired) electrons. The highest BCUT2D eigenvalue weighted by atomic mass is 16.5. The van der Waals surface area contributed by atoms with Crippen molar-refractivity contribution in [2.24, 2.45) is 0 Å². The SMILES string of the molecule is COc1cc(C(=O)NC2(c3ncccn3)CCOCC2)ccn1. The molecule has 1 amide bonds. The Morgan fingerprint density at radius 1 is 1.22 bits per heavy atom. The van der Waals surface area contributed by atoms with Crippen molar-refractivity contribution in [2.75, 3.05) is 20.3 Å². The van der Waals surface area contributed by atoms with Crippen molar-refractivity contribution in [3.05, 3.63) is 48.2 Å². The van der Waals surface area contributed by atoms with Crippen molar-refractivity contribution >= 4 is 5.91 Å². The van der Waals surface area contributed by atoms with Gasteiger partial charge in [0.1, 0.15) is 5.54 Å². The summed E-state index contributed by atoms with van der Waals surface area (Å²) in [6.45, 7) is 1.11. The van der Waals surface area contributed by atoms with E-state index in [9.17, 15) is 4.79 Å². The molecule has 0 atom stereocenters. The highest BCUT2D eigenvalue weighted by Gasteiger charge is 2.38. The highest BCUT2D eigenvalue weighted by molar-refractivity contribution is 5.94. The fourth-order valence-electron chi connectivity index (χ4n) is 2.62. The van der Waals surface area contributed by atoms with Crippen molar-refractivity contribution in [1.29, 1.82) is 0 Å². The van der Waals surface area contributed by atoms with Gasteiger partial charge < -0.3 is 14.8 Å². The minimum absolute atomic E-state index is 0.208. The maximum Gasteiger partial charge on any atom is 0.252 e. The van der Waals surface area contributed by atoms with Crippen LogP contribution < -0.4 is 10.1 Å². The molecule has 0 aromatic carbocycles. The van der Waals surface area contributed by atoms with E-state index in [1.54, 1.807) is 36.8 Å². The van der Waals surface area contributed by atoms with E-state index >= 15 is 0 Å². The van der Waals surface area contributed by atoms with E-state index in [4.69, 9.17) is 9.47 Å². The third-order valence-electron chi connectivity index (χ3n) is 3.90. The first-order valence-electron chi connectivity index (χ1n) is 7.41. The summed E-state index contributed by atoms with van der Waals surface area (Å²) >= 11 is 0. The Balaban J connectivity index is 1.88. The summed E-state index contributed by atoms with van der Waals surface area (Å²) in [6, 6.07) is 5.01. The minimum Gasteiger partial charge on any atom is -0.481 e. The van der Waals surface area contributed by atoms with Gasteiger partial charge in [-0.25, -0.2) is 15.0 Å². The number of rotatable bonds is 4. The van der Waals surface area contributed by atoms with Crippen molar-refractivity contribution in [1.82, 2.24) is 20.3 Å². The zero-order valence-corrected chi connectivity index (χ0v) is 12.9. The number of ether oxygens (including phenoxy) is 2. The van der Waals surface area contributed by atoms with Crippen LogP contribution in [0.2, 0.25) is 0 Å². The summed E-state index contributed by atoms with van der Waals surface area (Å²) in [5.41, 5.74) is -0.133. The zero-order chi connectivity index (χ0) is 16.1. The smallest absolute Gasteiger partial charge is 0.252 e. The van der Waals surface area contributed by atoms with Crippen LogP contribution in [-0.2, 0) is 10.3 Å². The lowest BCUT2D eigenvalue weighted by Gasteiger charge is -2.36. The van der Waals surface area contributed by atoms with Gasteiger partial charge in [0.25, 0.3) is 5.91 Å². The fourth-order valence-corrected chi connectivity index (χ4v) is 2.62. The molecule has 1 N–H and O–H groups in total. The average Bonchev–Trinajstić information content (AvgIpc) is 2.63. The van der Waals surface area contributed by atoms with E-state index in [-0.39, 0.29) is 5.91 Å². The van der Waals surface area contributed by atoms with Gasteiger partial charge in [-0.3, -0.25) is 4.79 Å². The van der Waals surface area contributed by atoms with Gasteiger partial charge in [0.2, 0.25) is 5.88 Å². The summed E-state index contributed by atoms with van der Waals surface area (Å²) in [5, 5.41) is 3.09. The molecule has 2 aromatic heterocycles. The van der Waals surface area contributed by atoms with Crippen LogP contribution in [0.3, 0.4) is 0 Å². The molecule has 2 aromatic rings. The number of aromatic nitrogens is 3.